The molecule has 0 unspecified atom stereocenters. The van der Waals surface area contributed by atoms with Gasteiger partial charge in [0.15, 0.2) is 0 Å². The van der Waals surface area contributed by atoms with E-state index in [0.29, 0.717) is 5.92 Å². The number of urea groups is 1. The summed E-state index contributed by atoms with van der Waals surface area (Å²) in [6.07, 6.45) is 2.47. The van der Waals surface area contributed by atoms with Crippen LogP contribution in [-0.2, 0) is 0 Å². The molecule has 1 fully saturated rings. The average molecular weight is 280 g/mol. The molecule has 0 radical (unpaired) electrons. The van der Waals surface area contributed by atoms with Crippen LogP contribution in [0, 0.1) is 5.92 Å². The van der Waals surface area contributed by atoms with Crippen LogP contribution in [0.5, 0.6) is 0 Å². The monoisotopic (exact) mass is 280 g/mol. The topological polar surface area (TPSA) is 41.1 Å². The summed E-state index contributed by atoms with van der Waals surface area (Å²) in [5, 5.41) is 6.05. The number of carbonyl (C=O) groups excluding carboxylic acids is 1. The Morgan fingerprint density at radius 2 is 1.48 bits per heavy atom. The summed E-state index contributed by atoms with van der Waals surface area (Å²) in [6, 6.07) is 19.9. The van der Waals surface area contributed by atoms with Crippen molar-refractivity contribution in [3.05, 3.63) is 71.8 Å². The molecular weight excluding hydrogens is 260 g/mol. The number of benzene rings is 2. The van der Waals surface area contributed by atoms with Crippen LogP contribution in [-0.4, -0.2) is 12.6 Å². The van der Waals surface area contributed by atoms with Gasteiger partial charge in [-0.05, 0) is 29.9 Å². The second kappa shape index (κ2) is 6.44. The van der Waals surface area contributed by atoms with E-state index in [1.165, 1.54) is 12.8 Å². The minimum atomic E-state index is -0.119. The van der Waals surface area contributed by atoms with E-state index in [9.17, 15) is 4.79 Å². The van der Waals surface area contributed by atoms with Crippen LogP contribution in [0.2, 0.25) is 0 Å². The van der Waals surface area contributed by atoms with Crippen LogP contribution >= 0.6 is 0 Å². The largest absolute Gasteiger partial charge is 0.338 e. The minimum Gasteiger partial charge on any atom is -0.338 e. The van der Waals surface area contributed by atoms with Crippen molar-refractivity contribution in [1.82, 2.24) is 10.6 Å². The van der Waals surface area contributed by atoms with Crippen LogP contribution in [0.3, 0.4) is 0 Å². The van der Waals surface area contributed by atoms with Gasteiger partial charge >= 0.3 is 6.03 Å². The fourth-order valence-corrected chi connectivity index (χ4v) is 2.39. The molecule has 21 heavy (non-hydrogen) atoms. The molecule has 0 spiro atoms. The summed E-state index contributed by atoms with van der Waals surface area (Å²) in [5.41, 5.74) is 2.18. The first-order chi connectivity index (χ1) is 10.3. The molecule has 1 aliphatic carbocycles. The second-order valence-corrected chi connectivity index (χ2v) is 5.55. The lowest BCUT2D eigenvalue weighted by Crippen LogP contribution is -2.39. The molecule has 0 saturated heterocycles. The molecule has 2 aromatic rings. The Morgan fingerprint density at radius 1 is 0.952 bits per heavy atom. The third-order valence-corrected chi connectivity index (χ3v) is 3.79. The summed E-state index contributed by atoms with van der Waals surface area (Å²) < 4.78 is 0. The van der Waals surface area contributed by atoms with E-state index in [2.05, 4.69) is 10.6 Å². The number of rotatable bonds is 5. The third kappa shape index (κ3) is 3.85. The fraction of sp³-hybridized carbons (Fsp3) is 0.278. The molecule has 0 heterocycles. The Bertz CT molecular complexity index is 539. The van der Waals surface area contributed by atoms with Gasteiger partial charge in [-0.2, -0.15) is 0 Å². The number of nitrogens with one attached hydrogen (secondary N) is 2. The molecule has 0 atom stereocenters. The lowest BCUT2D eigenvalue weighted by Gasteiger charge is -2.20. The average Bonchev–Trinajstić information content (AvgIpc) is 3.37. The molecule has 0 bridgehead atoms. The van der Waals surface area contributed by atoms with Crippen molar-refractivity contribution in [2.24, 2.45) is 5.92 Å². The SMILES string of the molecule is O=C(NCC1CC1)NC(c1ccccc1)c1ccccc1. The Labute approximate surface area is 125 Å². The van der Waals surface area contributed by atoms with Crippen molar-refractivity contribution < 1.29 is 4.79 Å². The summed E-state index contributed by atoms with van der Waals surface area (Å²) in [7, 11) is 0. The predicted octanol–water partition coefficient (Wildman–Crippen LogP) is 3.49. The van der Waals surface area contributed by atoms with Gasteiger partial charge in [0.2, 0.25) is 0 Å². The summed E-state index contributed by atoms with van der Waals surface area (Å²) >= 11 is 0. The number of amides is 2. The first kappa shape index (κ1) is 13.7. The molecule has 2 amide bonds. The highest BCUT2D eigenvalue weighted by molar-refractivity contribution is 5.75. The second-order valence-electron chi connectivity index (χ2n) is 5.55. The number of carbonyl (C=O) groups is 1. The van der Waals surface area contributed by atoms with E-state index in [1.54, 1.807) is 0 Å². The zero-order valence-electron chi connectivity index (χ0n) is 12.0. The van der Waals surface area contributed by atoms with Crippen molar-refractivity contribution in [1.29, 1.82) is 0 Å². The Kier molecular flexibility index (Phi) is 4.20. The van der Waals surface area contributed by atoms with Crippen molar-refractivity contribution >= 4 is 6.03 Å². The highest BCUT2D eigenvalue weighted by Gasteiger charge is 2.22. The maximum Gasteiger partial charge on any atom is 0.315 e. The van der Waals surface area contributed by atoms with Gasteiger partial charge in [-0.1, -0.05) is 60.7 Å². The van der Waals surface area contributed by atoms with E-state index in [1.807, 2.05) is 60.7 Å². The molecule has 3 heteroatoms. The number of hydrogen-bond donors (Lipinski definition) is 2. The number of hydrogen-bond acceptors (Lipinski definition) is 1. The smallest absolute Gasteiger partial charge is 0.315 e. The molecule has 108 valence electrons. The fourth-order valence-electron chi connectivity index (χ4n) is 2.39. The standard InChI is InChI=1S/C18H20N2O/c21-18(19-13-14-11-12-14)20-17(15-7-3-1-4-8-15)16-9-5-2-6-10-16/h1-10,14,17H,11-13H2,(H2,19,20,21). The first-order valence-electron chi connectivity index (χ1n) is 7.47. The van der Waals surface area contributed by atoms with E-state index in [-0.39, 0.29) is 12.1 Å². The van der Waals surface area contributed by atoms with Gasteiger partial charge in [0, 0.05) is 6.54 Å². The molecule has 0 aliphatic heterocycles. The van der Waals surface area contributed by atoms with Crippen molar-refractivity contribution in [3.63, 3.8) is 0 Å². The van der Waals surface area contributed by atoms with E-state index < -0.39 is 0 Å². The van der Waals surface area contributed by atoms with Crippen LogP contribution < -0.4 is 10.6 Å². The molecule has 0 aromatic heterocycles. The predicted molar refractivity (Wildman–Crippen MR) is 84.0 cm³/mol. The van der Waals surface area contributed by atoms with Crippen LogP contribution in [0.4, 0.5) is 4.79 Å². The van der Waals surface area contributed by atoms with Crippen molar-refractivity contribution in [2.75, 3.05) is 6.54 Å². The maximum atomic E-state index is 12.1. The van der Waals surface area contributed by atoms with Gasteiger partial charge in [-0.15, -0.1) is 0 Å². The van der Waals surface area contributed by atoms with Crippen LogP contribution in [0.25, 0.3) is 0 Å². The van der Waals surface area contributed by atoms with Gasteiger partial charge in [0.1, 0.15) is 0 Å². The molecular formula is C18H20N2O. The van der Waals surface area contributed by atoms with E-state index >= 15 is 0 Å². The Balaban J connectivity index is 1.74. The normalized spacial score (nSPS) is 14.0. The summed E-state index contributed by atoms with van der Waals surface area (Å²) in [6.45, 7) is 0.780. The molecule has 1 saturated carbocycles. The zero-order valence-corrected chi connectivity index (χ0v) is 12.0. The van der Waals surface area contributed by atoms with Gasteiger partial charge in [-0.25, -0.2) is 4.79 Å². The minimum absolute atomic E-state index is 0.0976. The van der Waals surface area contributed by atoms with Crippen LogP contribution in [0.15, 0.2) is 60.7 Å². The summed E-state index contributed by atoms with van der Waals surface area (Å²) in [5.74, 6) is 0.683. The summed E-state index contributed by atoms with van der Waals surface area (Å²) in [4.78, 5) is 12.1. The maximum absolute atomic E-state index is 12.1. The van der Waals surface area contributed by atoms with Gasteiger partial charge < -0.3 is 10.6 Å². The molecule has 2 N–H and O–H groups in total. The Hall–Kier alpha value is -2.29. The lowest BCUT2D eigenvalue weighted by atomic mass is 9.99. The van der Waals surface area contributed by atoms with Crippen LogP contribution in [0.1, 0.15) is 30.0 Å². The quantitative estimate of drug-likeness (QED) is 0.865. The Morgan fingerprint density at radius 3 is 1.95 bits per heavy atom. The van der Waals surface area contributed by atoms with Gasteiger partial charge in [0.25, 0.3) is 0 Å². The lowest BCUT2D eigenvalue weighted by molar-refractivity contribution is 0.238. The van der Waals surface area contributed by atoms with Gasteiger partial charge in [0.05, 0.1) is 6.04 Å². The van der Waals surface area contributed by atoms with Crippen molar-refractivity contribution in [2.45, 2.75) is 18.9 Å². The molecule has 1 aliphatic rings. The van der Waals surface area contributed by atoms with E-state index in [4.69, 9.17) is 0 Å². The highest BCUT2D eigenvalue weighted by atomic mass is 16.2. The highest BCUT2D eigenvalue weighted by Crippen LogP contribution is 2.27. The zero-order chi connectivity index (χ0) is 14.5. The van der Waals surface area contributed by atoms with Crippen molar-refractivity contribution in [3.8, 4) is 0 Å². The van der Waals surface area contributed by atoms with Gasteiger partial charge in [-0.3, -0.25) is 0 Å². The van der Waals surface area contributed by atoms with E-state index in [0.717, 1.165) is 17.7 Å². The molecule has 2 aromatic carbocycles. The molecule has 3 nitrogen and oxygen atoms in total. The third-order valence-electron chi connectivity index (χ3n) is 3.79. The first-order valence-corrected chi connectivity index (χ1v) is 7.47. The molecule has 3 rings (SSSR count).